The molecule has 1 aliphatic rings. The van der Waals surface area contributed by atoms with Crippen molar-refractivity contribution < 1.29 is 4.74 Å². The Morgan fingerprint density at radius 1 is 1.45 bits per heavy atom. The molecule has 1 unspecified atom stereocenters. The lowest BCUT2D eigenvalue weighted by molar-refractivity contribution is 0.351. The molecule has 3 rings (SSSR count). The van der Waals surface area contributed by atoms with Gasteiger partial charge >= 0.3 is 0 Å². The van der Waals surface area contributed by atoms with Crippen LogP contribution in [-0.4, -0.2) is 12.6 Å². The van der Waals surface area contributed by atoms with Gasteiger partial charge in [0.15, 0.2) is 0 Å². The van der Waals surface area contributed by atoms with Gasteiger partial charge in [0.05, 0.1) is 6.61 Å². The first kappa shape index (κ1) is 13.9. The summed E-state index contributed by atoms with van der Waals surface area (Å²) in [6.45, 7) is 3.79. The molecule has 1 aliphatic heterocycles. The highest BCUT2D eigenvalue weighted by molar-refractivity contribution is 7.09. The predicted octanol–water partition coefficient (Wildman–Crippen LogP) is 4.06. The zero-order valence-corrected chi connectivity index (χ0v) is 13.1. The second kappa shape index (κ2) is 6.17. The normalized spacial score (nSPS) is 14.9. The van der Waals surface area contributed by atoms with Crippen molar-refractivity contribution in [1.82, 2.24) is 5.32 Å². The van der Waals surface area contributed by atoms with Gasteiger partial charge in [0.1, 0.15) is 5.75 Å². The molecular weight excluding hydrogens is 290 g/mol. The molecule has 2 aromatic rings. The summed E-state index contributed by atoms with van der Waals surface area (Å²) in [5.74, 6) is 1.03. The Kier molecular flexibility index (Phi) is 4.29. The third-order valence-electron chi connectivity index (χ3n) is 3.55. The summed E-state index contributed by atoms with van der Waals surface area (Å²) in [5.41, 5.74) is 2.41. The quantitative estimate of drug-likeness (QED) is 0.899. The number of hydrogen-bond donors (Lipinski definition) is 1. The van der Waals surface area contributed by atoms with Crippen LogP contribution in [-0.2, 0) is 19.4 Å². The summed E-state index contributed by atoms with van der Waals surface area (Å²) in [7, 11) is 0. The van der Waals surface area contributed by atoms with Gasteiger partial charge in [0.25, 0.3) is 0 Å². The molecule has 1 atom stereocenters. The fourth-order valence-electron chi connectivity index (χ4n) is 2.56. The fraction of sp³-hybridized carbons (Fsp3) is 0.375. The van der Waals surface area contributed by atoms with Gasteiger partial charge in [-0.2, -0.15) is 0 Å². The highest BCUT2D eigenvalue weighted by Crippen LogP contribution is 2.32. The van der Waals surface area contributed by atoms with E-state index in [-0.39, 0.29) is 0 Å². The Balaban J connectivity index is 1.64. The van der Waals surface area contributed by atoms with E-state index in [0.29, 0.717) is 6.04 Å². The van der Waals surface area contributed by atoms with Crippen molar-refractivity contribution in [3.05, 3.63) is 50.7 Å². The summed E-state index contributed by atoms with van der Waals surface area (Å²) in [4.78, 5) is 1.41. The molecule has 0 spiro atoms. The van der Waals surface area contributed by atoms with E-state index in [1.165, 1.54) is 16.0 Å². The fourth-order valence-corrected chi connectivity index (χ4v) is 3.66. The number of halogens is 1. The minimum atomic E-state index is 0.435. The topological polar surface area (TPSA) is 21.3 Å². The lowest BCUT2D eigenvalue weighted by atomic mass is 10.1. The molecule has 1 N–H and O–H groups in total. The second-order valence-electron chi connectivity index (χ2n) is 5.22. The van der Waals surface area contributed by atoms with Crippen molar-refractivity contribution in [2.24, 2.45) is 0 Å². The van der Waals surface area contributed by atoms with E-state index in [4.69, 9.17) is 16.3 Å². The zero-order chi connectivity index (χ0) is 13.9. The van der Waals surface area contributed by atoms with E-state index < -0.39 is 0 Å². The van der Waals surface area contributed by atoms with Crippen molar-refractivity contribution in [3.8, 4) is 5.75 Å². The number of rotatable bonds is 5. The standard InChI is InChI=1S/C16H18ClNOS/c1-11(7-15-3-2-6-20-15)18-10-13-9-14(17)8-12-4-5-19-16(12)13/h2-3,6,8-9,11,18H,4-5,7,10H2,1H3. The Morgan fingerprint density at radius 3 is 3.15 bits per heavy atom. The molecule has 0 aliphatic carbocycles. The van der Waals surface area contributed by atoms with Gasteiger partial charge in [0, 0.05) is 34.5 Å². The van der Waals surface area contributed by atoms with Gasteiger partial charge < -0.3 is 10.1 Å². The summed E-state index contributed by atoms with van der Waals surface area (Å²) in [6, 6.07) is 8.75. The number of ether oxygens (including phenoxy) is 1. The molecular formula is C16H18ClNOS. The van der Waals surface area contributed by atoms with E-state index in [1.54, 1.807) is 0 Å². The first-order valence-electron chi connectivity index (χ1n) is 6.92. The first-order chi connectivity index (χ1) is 9.72. The van der Waals surface area contributed by atoms with Crippen molar-refractivity contribution in [1.29, 1.82) is 0 Å². The van der Waals surface area contributed by atoms with E-state index in [9.17, 15) is 0 Å². The minimum absolute atomic E-state index is 0.435. The van der Waals surface area contributed by atoms with Crippen LogP contribution in [0, 0.1) is 0 Å². The average Bonchev–Trinajstić information content (AvgIpc) is 3.06. The highest BCUT2D eigenvalue weighted by atomic mass is 35.5. The molecule has 2 heterocycles. The van der Waals surface area contributed by atoms with Gasteiger partial charge in [-0.15, -0.1) is 11.3 Å². The Bertz CT molecular complexity index is 582. The van der Waals surface area contributed by atoms with Crippen LogP contribution in [0.15, 0.2) is 29.6 Å². The molecule has 0 fully saturated rings. The predicted molar refractivity (Wildman–Crippen MR) is 85.0 cm³/mol. The van der Waals surface area contributed by atoms with Crippen LogP contribution in [0.25, 0.3) is 0 Å². The number of thiophene rings is 1. The highest BCUT2D eigenvalue weighted by Gasteiger charge is 2.17. The van der Waals surface area contributed by atoms with Crippen molar-refractivity contribution in [3.63, 3.8) is 0 Å². The van der Waals surface area contributed by atoms with E-state index >= 15 is 0 Å². The maximum Gasteiger partial charge on any atom is 0.127 e. The number of fused-ring (bicyclic) bond motifs is 1. The van der Waals surface area contributed by atoms with Crippen LogP contribution in [0.2, 0.25) is 5.02 Å². The van der Waals surface area contributed by atoms with Crippen LogP contribution < -0.4 is 10.1 Å². The Hall–Kier alpha value is -1.03. The third kappa shape index (κ3) is 3.17. The minimum Gasteiger partial charge on any atom is -0.493 e. The van der Waals surface area contributed by atoms with Crippen LogP contribution >= 0.6 is 22.9 Å². The van der Waals surface area contributed by atoms with Crippen LogP contribution in [0.5, 0.6) is 5.75 Å². The number of nitrogens with one attached hydrogen (secondary N) is 1. The van der Waals surface area contributed by atoms with Crippen LogP contribution in [0.3, 0.4) is 0 Å². The number of hydrogen-bond acceptors (Lipinski definition) is 3. The van der Waals surface area contributed by atoms with Crippen molar-refractivity contribution in [2.75, 3.05) is 6.61 Å². The molecule has 0 saturated carbocycles. The molecule has 1 aromatic carbocycles. The van der Waals surface area contributed by atoms with E-state index in [2.05, 4.69) is 29.8 Å². The third-order valence-corrected chi connectivity index (χ3v) is 4.67. The molecule has 0 saturated heterocycles. The zero-order valence-electron chi connectivity index (χ0n) is 11.5. The van der Waals surface area contributed by atoms with Crippen molar-refractivity contribution >= 4 is 22.9 Å². The second-order valence-corrected chi connectivity index (χ2v) is 6.69. The van der Waals surface area contributed by atoms with Crippen LogP contribution in [0.4, 0.5) is 0 Å². The van der Waals surface area contributed by atoms with E-state index in [0.717, 1.165) is 36.8 Å². The summed E-state index contributed by atoms with van der Waals surface area (Å²) in [6.07, 6.45) is 2.02. The van der Waals surface area contributed by atoms with Gasteiger partial charge in [-0.25, -0.2) is 0 Å². The Morgan fingerprint density at radius 2 is 2.35 bits per heavy atom. The largest absolute Gasteiger partial charge is 0.493 e. The molecule has 1 aromatic heterocycles. The maximum atomic E-state index is 6.18. The first-order valence-corrected chi connectivity index (χ1v) is 8.18. The monoisotopic (exact) mass is 307 g/mol. The lowest BCUT2D eigenvalue weighted by Gasteiger charge is -2.15. The van der Waals surface area contributed by atoms with Crippen molar-refractivity contribution in [2.45, 2.75) is 32.4 Å². The molecule has 20 heavy (non-hydrogen) atoms. The average molecular weight is 308 g/mol. The van der Waals surface area contributed by atoms with Gasteiger partial charge in [0.2, 0.25) is 0 Å². The number of benzene rings is 1. The molecule has 4 heteroatoms. The summed E-state index contributed by atoms with van der Waals surface area (Å²) < 4.78 is 5.73. The molecule has 0 amide bonds. The van der Waals surface area contributed by atoms with E-state index in [1.807, 2.05) is 23.5 Å². The Labute approximate surface area is 128 Å². The summed E-state index contributed by atoms with van der Waals surface area (Å²) in [5, 5.41) is 6.49. The van der Waals surface area contributed by atoms with Gasteiger partial charge in [-0.05, 0) is 42.5 Å². The lowest BCUT2D eigenvalue weighted by Crippen LogP contribution is -2.27. The summed E-state index contributed by atoms with van der Waals surface area (Å²) >= 11 is 7.99. The van der Waals surface area contributed by atoms with Gasteiger partial charge in [-0.3, -0.25) is 0 Å². The SMILES string of the molecule is CC(Cc1cccs1)NCc1cc(Cl)cc2c1OCC2. The maximum absolute atomic E-state index is 6.18. The van der Waals surface area contributed by atoms with Gasteiger partial charge in [-0.1, -0.05) is 17.7 Å². The van der Waals surface area contributed by atoms with Crippen LogP contribution in [0.1, 0.15) is 22.9 Å². The molecule has 0 bridgehead atoms. The smallest absolute Gasteiger partial charge is 0.127 e. The molecule has 2 nitrogen and oxygen atoms in total. The molecule has 106 valence electrons. The molecule has 0 radical (unpaired) electrons.